The van der Waals surface area contributed by atoms with Crippen LogP contribution in [0.4, 0.5) is 0 Å². The second-order valence-electron chi connectivity index (χ2n) is 4.73. The Hall–Kier alpha value is -2.09. The highest BCUT2D eigenvalue weighted by Crippen LogP contribution is 2.37. The van der Waals surface area contributed by atoms with E-state index in [1.54, 1.807) is 0 Å². The van der Waals surface area contributed by atoms with Crippen LogP contribution in [-0.4, -0.2) is 5.97 Å². The molecular formula is C16H14O2. The van der Waals surface area contributed by atoms with Crippen molar-refractivity contribution in [1.82, 2.24) is 0 Å². The Morgan fingerprint density at radius 3 is 2.61 bits per heavy atom. The number of hydrogen-bond donors (Lipinski definition) is 0. The highest BCUT2D eigenvalue weighted by atomic mass is 16.5. The first-order chi connectivity index (χ1) is 8.66. The number of benzene rings is 2. The van der Waals surface area contributed by atoms with Crippen LogP contribution in [0.2, 0.25) is 0 Å². The molecule has 0 saturated carbocycles. The van der Waals surface area contributed by atoms with Crippen molar-refractivity contribution in [3.8, 4) is 0 Å². The highest BCUT2D eigenvalue weighted by molar-refractivity contribution is 5.94. The molecule has 0 fully saturated rings. The molecule has 2 aromatic carbocycles. The third kappa shape index (κ3) is 1.61. The molecule has 18 heavy (non-hydrogen) atoms. The normalized spacial score (nSPS) is 17.4. The Labute approximate surface area is 106 Å². The number of ether oxygens (including phenoxy) is 1. The summed E-state index contributed by atoms with van der Waals surface area (Å²) in [5.74, 6) is -0.225. The molecule has 0 amide bonds. The second kappa shape index (κ2) is 3.98. The number of carbonyl (C=O) groups is 1. The molecule has 3 rings (SSSR count). The molecule has 1 unspecified atom stereocenters. The van der Waals surface area contributed by atoms with E-state index in [0.717, 1.165) is 16.7 Å². The Balaban J connectivity index is 2.15. The lowest BCUT2D eigenvalue weighted by Crippen LogP contribution is -2.03. The maximum Gasteiger partial charge on any atom is 0.339 e. The molecule has 1 heterocycles. The fourth-order valence-corrected chi connectivity index (χ4v) is 2.42. The summed E-state index contributed by atoms with van der Waals surface area (Å²) >= 11 is 0. The van der Waals surface area contributed by atoms with Crippen LogP contribution < -0.4 is 0 Å². The zero-order valence-corrected chi connectivity index (χ0v) is 10.4. The molecule has 2 heteroatoms. The molecule has 1 aliphatic rings. The van der Waals surface area contributed by atoms with E-state index < -0.39 is 0 Å². The van der Waals surface area contributed by atoms with E-state index in [2.05, 4.69) is 18.2 Å². The van der Waals surface area contributed by atoms with Gasteiger partial charge in [0.15, 0.2) is 6.10 Å². The van der Waals surface area contributed by atoms with E-state index >= 15 is 0 Å². The van der Waals surface area contributed by atoms with Crippen LogP contribution in [0.1, 0.15) is 38.7 Å². The van der Waals surface area contributed by atoms with Crippen molar-refractivity contribution in [3.05, 3.63) is 70.3 Å². The first kappa shape index (κ1) is 11.0. The largest absolute Gasteiger partial charge is 0.449 e. The zero-order chi connectivity index (χ0) is 12.7. The van der Waals surface area contributed by atoms with Gasteiger partial charge in [0.25, 0.3) is 0 Å². The number of hydrogen-bond acceptors (Lipinski definition) is 2. The first-order valence-electron chi connectivity index (χ1n) is 6.04. The van der Waals surface area contributed by atoms with E-state index in [0.29, 0.717) is 5.56 Å². The van der Waals surface area contributed by atoms with Crippen molar-refractivity contribution in [3.63, 3.8) is 0 Å². The lowest BCUT2D eigenvalue weighted by molar-refractivity contribution is 0.0455. The molecular weight excluding hydrogens is 224 g/mol. The quantitative estimate of drug-likeness (QED) is 0.710. The van der Waals surface area contributed by atoms with E-state index in [9.17, 15) is 4.79 Å². The minimum atomic E-state index is -0.256. The van der Waals surface area contributed by atoms with Gasteiger partial charge in [-0.2, -0.15) is 0 Å². The Kier molecular flexibility index (Phi) is 2.44. The molecule has 0 bridgehead atoms. The van der Waals surface area contributed by atoms with Crippen LogP contribution in [-0.2, 0) is 4.74 Å². The van der Waals surface area contributed by atoms with E-state index in [1.807, 2.05) is 38.1 Å². The average Bonchev–Trinajstić information content (AvgIpc) is 2.71. The minimum absolute atomic E-state index is 0.225. The molecule has 90 valence electrons. The number of fused-ring (bicyclic) bond motifs is 1. The summed E-state index contributed by atoms with van der Waals surface area (Å²) in [5, 5.41) is 0. The van der Waals surface area contributed by atoms with E-state index in [1.165, 1.54) is 5.56 Å². The predicted octanol–water partition coefficient (Wildman–Crippen LogP) is 3.56. The lowest BCUT2D eigenvalue weighted by Gasteiger charge is -2.14. The van der Waals surface area contributed by atoms with Crippen molar-refractivity contribution in [2.24, 2.45) is 0 Å². The van der Waals surface area contributed by atoms with E-state index in [-0.39, 0.29) is 12.1 Å². The summed E-state index contributed by atoms with van der Waals surface area (Å²) in [5.41, 5.74) is 5.05. The molecule has 1 aliphatic heterocycles. The van der Waals surface area contributed by atoms with Crippen LogP contribution in [0.25, 0.3) is 0 Å². The maximum absolute atomic E-state index is 11.8. The molecule has 0 radical (unpaired) electrons. The van der Waals surface area contributed by atoms with E-state index in [4.69, 9.17) is 4.74 Å². The second-order valence-corrected chi connectivity index (χ2v) is 4.73. The van der Waals surface area contributed by atoms with Crippen LogP contribution in [0, 0.1) is 13.8 Å². The van der Waals surface area contributed by atoms with Gasteiger partial charge in [0.05, 0.1) is 5.56 Å². The number of esters is 1. The Morgan fingerprint density at radius 2 is 1.78 bits per heavy atom. The monoisotopic (exact) mass is 238 g/mol. The summed E-state index contributed by atoms with van der Waals surface area (Å²) in [7, 11) is 0. The van der Waals surface area contributed by atoms with Crippen molar-refractivity contribution < 1.29 is 9.53 Å². The Morgan fingerprint density at radius 1 is 1.00 bits per heavy atom. The first-order valence-corrected chi connectivity index (χ1v) is 6.04. The van der Waals surface area contributed by atoms with Gasteiger partial charge in [-0.15, -0.1) is 0 Å². The van der Waals surface area contributed by atoms with Crippen molar-refractivity contribution in [1.29, 1.82) is 0 Å². The van der Waals surface area contributed by atoms with Crippen LogP contribution >= 0.6 is 0 Å². The summed E-state index contributed by atoms with van der Waals surface area (Å²) in [6, 6.07) is 13.8. The van der Waals surface area contributed by atoms with Crippen LogP contribution in [0.5, 0.6) is 0 Å². The average molecular weight is 238 g/mol. The summed E-state index contributed by atoms with van der Waals surface area (Å²) in [6.45, 7) is 4.09. The molecule has 0 aromatic heterocycles. The van der Waals surface area contributed by atoms with Gasteiger partial charge < -0.3 is 4.74 Å². The van der Waals surface area contributed by atoms with Gasteiger partial charge in [0, 0.05) is 11.1 Å². The van der Waals surface area contributed by atoms with Crippen molar-refractivity contribution >= 4 is 5.97 Å². The molecule has 2 nitrogen and oxygen atoms in total. The number of rotatable bonds is 1. The highest BCUT2D eigenvalue weighted by Gasteiger charge is 2.32. The summed E-state index contributed by atoms with van der Waals surface area (Å²) in [4.78, 5) is 11.8. The van der Waals surface area contributed by atoms with Gasteiger partial charge in [0.2, 0.25) is 0 Å². The van der Waals surface area contributed by atoms with Gasteiger partial charge in [-0.25, -0.2) is 4.79 Å². The third-order valence-corrected chi connectivity index (χ3v) is 3.41. The molecule has 0 aliphatic carbocycles. The number of aryl methyl sites for hydroxylation is 2. The number of carbonyl (C=O) groups excluding carboxylic acids is 1. The predicted molar refractivity (Wildman–Crippen MR) is 69.6 cm³/mol. The van der Waals surface area contributed by atoms with Gasteiger partial charge in [0.1, 0.15) is 0 Å². The summed E-state index contributed by atoms with van der Waals surface area (Å²) in [6.07, 6.45) is -0.256. The molecule has 0 spiro atoms. The van der Waals surface area contributed by atoms with Crippen molar-refractivity contribution in [2.75, 3.05) is 0 Å². The number of cyclic esters (lactones) is 1. The Bertz CT molecular complexity index is 629. The molecule has 0 N–H and O–H groups in total. The lowest BCUT2D eigenvalue weighted by atomic mass is 9.95. The van der Waals surface area contributed by atoms with Gasteiger partial charge in [-0.05, 0) is 25.5 Å². The molecule has 0 saturated heterocycles. The fraction of sp³-hybridized carbons (Fsp3) is 0.188. The third-order valence-electron chi connectivity index (χ3n) is 3.41. The topological polar surface area (TPSA) is 26.3 Å². The maximum atomic E-state index is 11.8. The van der Waals surface area contributed by atoms with Crippen LogP contribution in [0.15, 0.2) is 42.5 Å². The summed E-state index contributed by atoms with van der Waals surface area (Å²) < 4.78 is 5.51. The van der Waals surface area contributed by atoms with Gasteiger partial charge in [-0.3, -0.25) is 0 Å². The molecule has 1 atom stereocenters. The smallest absolute Gasteiger partial charge is 0.339 e. The SMILES string of the molecule is Cc1ccc(C)c(C2OC(=O)c3ccccc32)c1. The minimum Gasteiger partial charge on any atom is -0.449 e. The standard InChI is InChI=1S/C16H14O2/c1-10-7-8-11(2)14(9-10)15-12-5-3-4-6-13(12)16(17)18-15/h3-9,15H,1-2H3. The zero-order valence-electron chi connectivity index (χ0n) is 10.4. The molecule has 2 aromatic rings. The van der Waals surface area contributed by atoms with Gasteiger partial charge in [-0.1, -0.05) is 42.0 Å². The van der Waals surface area contributed by atoms with Gasteiger partial charge >= 0.3 is 5.97 Å². The van der Waals surface area contributed by atoms with Crippen LogP contribution in [0.3, 0.4) is 0 Å². The van der Waals surface area contributed by atoms with Crippen molar-refractivity contribution in [2.45, 2.75) is 20.0 Å². The fourth-order valence-electron chi connectivity index (χ4n) is 2.42.